The fraction of sp³-hybridized carbons (Fsp3) is 0.235. The predicted molar refractivity (Wildman–Crippen MR) is 84.0 cm³/mol. The van der Waals surface area contributed by atoms with Crippen LogP contribution in [0, 0.1) is 21.4 Å². The van der Waals surface area contributed by atoms with E-state index in [1.54, 1.807) is 12.1 Å². The van der Waals surface area contributed by atoms with E-state index in [4.69, 9.17) is 0 Å². The zero-order valence-electron chi connectivity index (χ0n) is 12.3. The molecule has 0 radical (unpaired) electrons. The van der Waals surface area contributed by atoms with Crippen molar-refractivity contribution in [3.8, 4) is 6.07 Å². The molecule has 22 heavy (non-hydrogen) atoms. The Morgan fingerprint density at radius 1 is 1.23 bits per heavy atom. The highest BCUT2D eigenvalue weighted by Crippen LogP contribution is 2.25. The molecule has 0 aromatic heterocycles. The maximum absolute atomic E-state index is 10.9. The van der Waals surface area contributed by atoms with E-state index in [0.29, 0.717) is 18.7 Å². The third-order valence-electron chi connectivity index (χ3n) is 3.52. The molecule has 1 unspecified atom stereocenters. The van der Waals surface area contributed by atoms with Gasteiger partial charge in [-0.05, 0) is 17.7 Å². The maximum Gasteiger partial charge on any atom is 0.269 e. The number of nitro groups is 1. The fourth-order valence-electron chi connectivity index (χ4n) is 2.38. The van der Waals surface area contributed by atoms with Gasteiger partial charge in [0.05, 0.1) is 11.0 Å². The van der Waals surface area contributed by atoms with E-state index in [1.807, 2.05) is 42.2 Å². The molecule has 112 valence electrons. The van der Waals surface area contributed by atoms with Gasteiger partial charge in [-0.25, -0.2) is 0 Å². The molecule has 0 fully saturated rings. The lowest BCUT2D eigenvalue weighted by atomic mass is 10.0. The monoisotopic (exact) mass is 295 g/mol. The first-order chi connectivity index (χ1) is 10.7. The summed E-state index contributed by atoms with van der Waals surface area (Å²) in [6, 6.07) is 17.9. The van der Waals surface area contributed by atoms with Crippen LogP contribution in [0.5, 0.6) is 0 Å². The van der Waals surface area contributed by atoms with Gasteiger partial charge in [0, 0.05) is 18.7 Å². The lowest BCUT2D eigenvalue weighted by molar-refractivity contribution is -0.384. The highest BCUT2D eigenvalue weighted by atomic mass is 16.6. The van der Waals surface area contributed by atoms with Gasteiger partial charge in [-0.1, -0.05) is 49.4 Å². The quantitative estimate of drug-likeness (QED) is 0.602. The molecule has 0 aliphatic heterocycles. The summed E-state index contributed by atoms with van der Waals surface area (Å²) < 4.78 is 0. The summed E-state index contributed by atoms with van der Waals surface area (Å²) in [7, 11) is 0. The molecular weight excluding hydrogens is 278 g/mol. The minimum absolute atomic E-state index is 0.00788. The van der Waals surface area contributed by atoms with Crippen molar-refractivity contribution in [1.82, 2.24) is 4.90 Å². The summed E-state index contributed by atoms with van der Waals surface area (Å²) >= 11 is 0. The van der Waals surface area contributed by atoms with E-state index in [-0.39, 0.29) is 5.69 Å². The Kier molecular flexibility index (Phi) is 5.23. The summed E-state index contributed by atoms with van der Waals surface area (Å²) in [6.07, 6.45) is 0. The second kappa shape index (κ2) is 7.34. The lowest BCUT2D eigenvalue weighted by Crippen LogP contribution is -2.27. The van der Waals surface area contributed by atoms with Crippen molar-refractivity contribution in [3.63, 3.8) is 0 Å². The van der Waals surface area contributed by atoms with Crippen LogP contribution in [-0.4, -0.2) is 16.4 Å². The van der Waals surface area contributed by atoms with Crippen LogP contribution < -0.4 is 0 Å². The van der Waals surface area contributed by atoms with E-state index >= 15 is 0 Å². The van der Waals surface area contributed by atoms with Crippen LogP contribution in [-0.2, 0) is 6.54 Å². The van der Waals surface area contributed by atoms with Crippen LogP contribution in [0.15, 0.2) is 54.6 Å². The SMILES string of the molecule is CCN(Cc1ccccc1)C(C#N)c1cccc([N+](=O)[O-])c1. The van der Waals surface area contributed by atoms with Gasteiger partial charge in [0.2, 0.25) is 0 Å². The second-order valence-corrected chi connectivity index (χ2v) is 4.93. The molecule has 0 aliphatic rings. The Bertz CT molecular complexity index is 680. The Labute approximate surface area is 129 Å². The largest absolute Gasteiger partial charge is 0.280 e. The highest BCUT2D eigenvalue weighted by molar-refractivity contribution is 5.37. The van der Waals surface area contributed by atoms with E-state index in [1.165, 1.54) is 12.1 Å². The van der Waals surface area contributed by atoms with Crippen molar-refractivity contribution < 1.29 is 4.92 Å². The molecule has 0 saturated heterocycles. The highest BCUT2D eigenvalue weighted by Gasteiger charge is 2.20. The third-order valence-corrected chi connectivity index (χ3v) is 3.52. The molecule has 1 atom stereocenters. The molecule has 0 heterocycles. The zero-order valence-corrected chi connectivity index (χ0v) is 12.3. The molecule has 0 N–H and O–H groups in total. The smallest absolute Gasteiger partial charge is 0.269 e. The van der Waals surface area contributed by atoms with Gasteiger partial charge in [0.1, 0.15) is 6.04 Å². The maximum atomic E-state index is 10.9. The Balaban J connectivity index is 2.27. The van der Waals surface area contributed by atoms with Crippen LogP contribution >= 0.6 is 0 Å². The van der Waals surface area contributed by atoms with Crippen LogP contribution in [0.1, 0.15) is 24.1 Å². The number of hydrogen-bond acceptors (Lipinski definition) is 4. The lowest BCUT2D eigenvalue weighted by Gasteiger charge is -2.26. The molecule has 5 nitrogen and oxygen atoms in total. The number of hydrogen-bond donors (Lipinski definition) is 0. The predicted octanol–water partition coefficient (Wildman–Crippen LogP) is 3.68. The van der Waals surface area contributed by atoms with Crippen molar-refractivity contribution >= 4 is 5.69 Å². The second-order valence-electron chi connectivity index (χ2n) is 4.93. The number of nitrogens with zero attached hydrogens (tertiary/aromatic N) is 3. The topological polar surface area (TPSA) is 70.2 Å². The molecule has 0 amide bonds. The molecule has 5 heteroatoms. The zero-order chi connectivity index (χ0) is 15.9. The fourth-order valence-corrected chi connectivity index (χ4v) is 2.38. The summed E-state index contributed by atoms with van der Waals surface area (Å²) in [5.74, 6) is 0. The molecular formula is C17H17N3O2. The van der Waals surface area contributed by atoms with E-state index in [0.717, 1.165) is 5.56 Å². The van der Waals surface area contributed by atoms with Crippen molar-refractivity contribution in [3.05, 3.63) is 75.8 Å². The van der Waals surface area contributed by atoms with Crippen LogP contribution in [0.4, 0.5) is 5.69 Å². The normalized spacial score (nSPS) is 11.9. The van der Waals surface area contributed by atoms with Gasteiger partial charge in [0.25, 0.3) is 5.69 Å². The number of non-ortho nitro benzene ring substituents is 1. The third kappa shape index (κ3) is 3.68. The summed E-state index contributed by atoms with van der Waals surface area (Å²) in [6.45, 7) is 3.28. The summed E-state index contributed by atoms with van der Waals surface area (Å²) in [5.41, 5.74) is 1.76. The first-order valence-corrected chi connectivity index (χ1v) is 7.07. The molecule has 2 aromatic rings. The van der Waals surface area contributed by atoms with Crippen molar-refractivity contribution in [2.75, 3.05) is 6.54 Å². The van der Waals surface area contributed by atoms with E-state index in [9.17, 15) is 15.4 Å². The van der Waals surface area contributed by atoms with E-state index in [2.05, 4.69) is 6.07 Å². The minimum atomic E-state index is -0.509. The molecule has 0 spiro atoms. The number of nitriles is 1. The standard InChI is InChI=1S/C17H17N3O2/c1-2-19(13-14-7-4-3-5-8-14)17(12-18)15-9-6-10-16(11-15)20(21)22/h3-11,17H,2,13H2,1H3. The van der Waals surface area contributed by atoms with Gasteiger partial charge in [0.15, 0.2) is 0 Å². The first kappa shape index (κ1) is 15.7. The minimum Gasteiger partial charge on any atom is -0.280 e. The average molecular weight is 295 g/mol. The molecule has 0 saturated carbocycles. The number of benzene rings is 2. The Hall–Kier alpha value is -2.71. The van der Waals surface area contributed by atoms with Crippen molar-refractivity contribution in [2.24, 2.45) is 0 Å². The van der Waals surface area contributed by atoms with Gasteiger partial charge in [-0.3, -0.25) is 15.0 Å². The average Bonchev–Trinajstić information content (AvgIpc) is 2.55. The van der Waals surface area contributed by atoms with Gasteiger partial charge in [-0.2, -0.15) is 5.26 Å². The van der Waals surface area contributed by atoms with Crippen LogP contribution in [0.3, 0.4) is 0 Å². The molecule has 0 bridgehead atoms. The summed E-state index contributed by atoms with van der Waals surface area (Å²) in [5, 5.41) is 20.4. The van der Waals surface area contributed by atoms with Crippen molar-refractivity contribution in [1.29, 1.82) is 5.26 Å². The van der Waals surface area contributed by atoms with Crippen LogP contribution in [0.2, 0.25) is 0 Å². The Morgan fingerprint density at radius 3 is 2.55 bits per heavy atom. The Morgan fingerprint density at radius 2 is 1.95 bits per heavy atom. The molecule has 2 aromatic carbocycles. The van der Waals surface area contributed by atoms with Gasteiger partial charge in [-0.15, -0.1) is 0 Å². The molecule has 2 rings (SSSR count). The van der Waals surface area contributed by atoms with Gasteiger partial charge >= 0.3 is 0 Å². The first-order valence-electron chi connectivity index (χ1n) is 7.07. The van der Waals surface area contributed by atoms with Gasteiger partial charge < -0.3 is 0 Å². The number of rotatable bonds is 6. The number of nitro benzene ring substituents is 1. The summed E-state index contributed by atoms with van der Waals surface area (Å²) in [4.78, 5) is 12.5. The van der Waals surface area contributed by atoms with E-state index < -0.39 is 11.0 Å². The van der Waals surface area contributed by atoms with Crippen LogP contribution in [0.25, 0.3) is 0 Å². The molecule has 0 aliphatic carbocycles. The van der Waals surface area contributed by atoms with Crippen molar-refractivity contribution in [2.45, 2.75) is 19.5 Å².